The number of fused-ring (bicyclic) bond motifs is 1. The topological polar surface area (TPSA) is 56.7 Å². The monoisotopic (exact) mass is 252 g/mol. The number of aromatic nitrogens is 3. The highest BCUT2D eigenvalue weighted by atomic mass is 15.3. The summed E-state index contributed by atoms with van der Waals surface area (Å²) in [6.45, 7) is 2.60. The van der Waals surface area contributed by atoms with E-state index in [1.165, 1.54) is 16.3 Å². The van der Waals surface area contributed by atoms with Crippen LogP contribution in [0, 0.1) is 0 Å². The molecule has 0 radical (unpaired) electrons. The van der Waals surface area contributed by atoms with E-state index in [1.807, 2.05) is 11.6 Å². The Morgan fingerprint density at radius 1 is 1.16 bits per heavy atom. The minimum atomic E-state index is -0.131. The molecule has 0 saturated heterocycles. The molecular formula is C15H16N4. The molecule has 96 valence electrons. The molecule has 0 fully saturated rings. The van der Waals surface area contributed by atoms with Gasteiger partial charge in [-0.15, -0.1) is 0 Å². The van der Waals surface area contributed by atoms with Gasteiger partial charge in [-0.2, -0.15) is 5.10 Å². The number of rotatable bonds is 3. The van der Waals surface area contributed by atoms with E-state index in [4.69, 9.17) is 5.73 Å². The number of nitrogens with zero attached hydrogens (tertiary/aromatic N) is 3. The Hall–Kier alpha value is -2.20. The van der Waals surface area contributed by atoms with Gasteiger partial charge >= 0.3 is 0 Å². The molecule has 3 rings (SSSR count). The molecule has 1 heterocycles. The third kappa shape index (κ3) is 2.35. The van der Waals surface area contributed by atoms with E-state index in [0.717, 1.165) is 0 Å². The Bertz CT molecular complexity index is 695. The normalized spacial score (nSPS) is 12.7. The summed E-state index contributed by atoms with van der Waals surface area (Å²) in [4.78, 5) is 4.22. The lowest BCUT2D eigenvalue weighted by molar-refractivity contribution is 0.651. The van der Waals surface area contributed by atoms with Gasteiger partial charge in [0, 0.05) is 0 Å². The molecule has 0 aliphatic carbocycles. The summed E-state index contributed by atoms with van der Waals surface area (Å²) in [7, 11) is 0. The quantitative estimate of drug-likeness (QED) is 0.779. The van der Waals surface area contributed by atoms with Crippen molar-refractivity contribution >= 4 is 10.8 Å². The summed E-state index contributed by atoms with van der Waals surface area (Å²) in [5, 5.41) is 6.89. The maximum Gasteiger partial charge on any atom is 0.166 e. The minimum absolute atomic E-state index is 0.131. The average molecular weight is 252 g/mol. The van der Waals surface area contributed by atoms with Crippen molar-refractivity contribution in [2.24, 2.45) is 5.73 Å². The fraction of sp³-hybridized carbons (Fsp3) is 0.200. The Kier molecular flexibility index (Phi) is 3.01. The maximum absolute atomic E-state index is 5.77. The van der Waals surface area contributed by atoms with Crippen LogP contribution >= 0.6 is 0 Å². The van der Waals surface area contributed by atoms with E-state index < -0.39 is 0 Å². The van der Waals surface area contributed by atoms with Crippen molar-refractivity contribution in [3.63, 3.8) is 0 Å². The molecule has 0 saturated carbocycles. The van der Waals surface area contributed by atoms with Gasteiger partial charge in [-0.3, -0.25) is 0 Å². The second-order valence-corrected chi connectivity index (χ2v) is 4.73. The Balaban J connectivity index is 1.96. The van der Waals surface area contributed by atoms with Gasteiger partial charge in [0.15, 0.2) is 5.82 Å². The largest absolute Gasteiger partial charge is 0.321 e. The van der Waals surface area contributed by atoms with Crippen LogP contribution in [0.5, 0.6) is 0 Å². The van der Waals surface area contributed by atoms with Crippen LogP contribution in [0.15, 0.2) is 48.8 Å². The van der Waals surface area contributed by atoms with E-state index >= 15 is 0 Å². The highest BCUT2D eigenvalue weighted by Crippen LogP contribution is 2.19. The van der Waals surface area contributed by atoms with Gasteiger partial charge < -0.3 is 5.73 Å². The first-order valence-corrected chi connectivity index (χ1v) is 6.35. The van der Waals surface area contributed by atoms with E-state index in [-0.39, 0.29) is 6.04 Å². The zero-order valence-electron chi connectivity index (χ0n) is 10.8. The molecule has 3 aromatic rings. The standard InChI is InChI=1S/C15H16N4/c1-11(16)15-17-10-19(18-15)9-13-7-4-6-12-5-2-3-8-14(12)13/h2-8,10-11H,9,16H2,1H3. The summed E-state index contributed by atoms with van der Waals surface area (Å²) in [5.41, 5.74) is 7.01. The smallest absolute Gasteiger partial charge is 0.166 e. The SMILES string of the molecule is CC(N)c1ncn(Cc2cccc3ccccc23)n1. The molecule has 19 heavy (non-hydrogen) atoms. The highest BCUT2D eigenvalue weighted by molar-refractivity contribution is 5.85. The maximum atomic E-state index is 5.77. The van der Waals surface area contributed by atoms with Crippen molar-refractivity contribution in [3.8, 4) is 0 Å². The molecule has 1 unspecified atom stereocenters. The molecule has 1 atom stereocenters. The van der Waals surface area contributed by atoms with Gasteiger partial charge in [0.1, 0.15) is 6.33 Å². The third-order valence-electron chi connectivity index (χ3n) is 3.17. The van der Waals surface area contributed by atoms with Crippen molar-refractivity contribution in [1.82, 2.24) is 14.8 Å². The summed E-state index contributed by atoms with van der Waals surface area (Å²) in [6, 6.07) is 14.5. The summed E-state index contributed by atoms with van der Waals surface area (Å²) in [6.07, 6.45) is 1.74. The van der Waals surface area contributed by atoms with Crippen molar-refractivity contribution in [3.05, 3.63) is 60.2 Å². The van der Waals surface area contributed by atoms with Crippen LogP contribution in [0.2, 0.25) is 0 Å². The van der Waals surface area contributed by atoms with Gasteiger partial charge in [-0.1, -0.05) is 42.5 Å². The molecule has 0 amide bonds. The zero-order valence-corrected chi connectivity index (χ0v) is 10.8. The molecule has 4 nitrogen and oxygen atoms in total. The molecule has 0 aliphatic heterocycles. The van der Waals surface area contributed by atoms with Gasteiger partial charge in [0.05, 0.1) is 12.6 Å². The summed E-state index contributed by atoms with van der Waals surface area (Å²) < 4.78 is 1.83. The van der Waals surface area contributed by atoms with Crippen molar-refractivity contribution in [1.29, 1.82) is 0 Å². The van der Waals surface area contributed by atoms with Crippen LogP contribution in [0.4, 0.5) is 0 Å². The van der Waals surface area contributed by atoms with E-state index in [2.05, 4.69) is 52.5 Å². The number of benzene rings is 2. The van der Waals surface area contributed by atoms with Gasteiger partial charge in [0.2, 0.25) is 0 Å². The number of hydrogen-bond acceptors (Lipinski definition) is 3. The van der Waals surface area contributed by atoms with Crippen molar-refractivity contribution in [2.75, 3.05) is 0 Å². The van der Waals surface area contributed by atoms with Crippen LogP contribution in [0.3, 0.4) is 0 Å². The van der Waals surface area contributed by atoms with Crippen LogP contribution in [-0.2, 0) is 6.54 Å². The Morgan fingerprint density at radius 3 is 2.74 bits per heavy atom. The molecule has 2 aromatic carbocycles. The van der Waals surface area contributed by atoms with Crippen molar-refractivity contribution < 1.29 is 0 Å². The number of nitrogens with two attached hydrogens (primary N) is 1. The summed E-state index contributed by atoms with van der Waals surface area (Å²) >= 11 is 0. The first kappa shape index (κ1) is 11.9. The van der Waals surface area contributed by atoms with Crippen LogP contribution in [-0.4, -0.2) is 14.8 Å². The zero-order chi connectivity index (χ0) is 13.2. The second-order valence-electron chi connectivity index (χ2n) is 4.73. The van der Waals surface area contributed by atoms with Gasteiger partial charge in [-0.05, 0) is 23.3 Å². The Labute approximate surface area is 111 Å². The summed E-state index contributed by atoms with van der Waals surface area (Å²) in [5.74, 6) is 0.681. The predicted octanol–water partition coefficient (Wildman–Crippen LogP) is 2.50. The molecule has 4 heteroatoms. The molecule has 2 N–H and O–H groups in total. The van der Waals surface area contributed by atoms with E-state index in [0.29, 0.717) is 12.4 Å². The van der Waals surface area contributed by atoms with Crippen LogP contribution in [0.1, 0.15) is 24.4 Å². The lowest BCUT2D eigenvalue weighted by Crippen LogP contribution is -2.08. The molecule has 0 spiro atoms. The minimum Gasteiger partial charge on any atom is -0.321 e. The van der Waals surface area contributed by atoms with Crippen LogP contribution in [0.25, 0.3) is 10.8 Å². The molecular weight excluding hydrogens is 236 g/mol. The molecule has 1 aromatic heterocycles. The van der Waals surface area contributed by atoms with E-state index in [1.54, 1.807) is 6.33 Å². The lowest BCUT2D eigenvalue weighted by atomic mass is 10.0. The lowest BCUT2D eigenvalue weighted by Gasteiger charge is -2.06. The van der Waals surface area contributed by atoms with Gasteiger partial charge in [-0.25, -0.2) is 9.67 Å². The first-order chi connectivity index (χ1) is 9.24. The second kappa shape index (κ2) is 4.82. The van der Waals surface area contributed by atoms with E-state index in [9.17, 15) is 0 Å². The average Bonchev–Trinajstić information content (AvgIpc) is 2.88. The third-order valence-corrected chi connectivity index (χ3v) is 3.17. The van der Waals surface area contributed by atoms with Crippen molar-refractivity contribution in [2.45, 2.75) is 19.5 Å². The molecule has 0 bridgehead atoms. The predicted molar refractivity (Wildman–Crippen MR) is 75.7 cm³/mol. The molecule has 0 aliphatic rings. The van der Waals surface area contributed by atoms with Crippen LogP contribution < -0.4 is 5.73 Å². The number of hydrogen-bond donors (Lipinski definition) is 1. The first-order valence-electron chi connectivity index (χ1n) is 6.35. The highest BCUT2D eigenvalue weighted by Gasteiger charge is 2.07. The van der Waals surface area contributed by atoms with Gasteiger partial charge in [0.25, 0.3) is 0 Å². The fourth-order valence-electron chi connectivity index (χ4n) is 2.20. The Morgan fingerprint density at radius 2 is 1.95 bits per heavy atom. The fourth-order valence-corrected chi connectivity index (χ4v) is 2.20.